The van der Waals surface area contributed by atoms with E-state index in [2.05, 4.69) is 25.5 Å². The Kier molecular flexibility index (Phi) is 4.55. The summed E-state index contributed by atoms with van der Waals surface area (Å²) in [5.41, 5.74) is 0. The highest BCUT2D eigenvalue weighted by molar-refractivity contribution is 5.48. The molecule has 6 heteroatoms. The Morgan fingerprint density at radius 1 is 1.29 bits per heavy atom. The van der Waals surface area contributed by atoms with Gasteiger partial charge in [0.25, 0.3) is 0 Å². The Bertz CT molecular complexity index is 481. The molecule has 3 rings (SSSR count). The van der Waals surface area contributed by atoms with Crippen molar-refractivity contribution in [2.75, 3.05) is 37.4 Å². The van der Waals surface area contributed by atoms with E-state index in [-0.39, 0.29) is 0 Å². The molecule has 6 nitrogen and oxygen atoms in total. The van der Waals surface area contributed by atoms with Gasteiger partial charge in [0, 0.05) is 38.3 Å². The first-order valence-corrected chi connectivity index (χ1v) is 7.94. The van der Waals surface area contributed by atoms with Crippen LogP contribution in [0.15, 0.2) is 6.07 Å². The van der Waals surface area contributed by atoms with Crippen LogP contribution in [-0.2, 0) is 11.3 Å². The number of hydrogen-bond acceptors (Lipinski definition) is 6. The van der Waals surface area contributed by atoms with Crippen LogP contribution in [0.5, 0.6) is 0 Å². The van der Waals surface area contributed by atoms with Crippen molar-refractivity contribution >= 4 is 11.6 Å². The van der Waals surface area contributed by atoms with Crippen LogP contribution in [-0.4, -0.2) is 53.7 Å². The van der Waals surface area contributed by atoms with Crippen molar-refractivity contribution in [1.29, 1.82) is 0 Å². The molecule has 1 aromatic rings. The summed E-state index contributed by atoms with van der Waals surface area (Å²) < 4.78 is 5.42. The third-order valence-electron chi connectivity index (χ3n) is 4.40. The quantitative estimate of drug-likeness (QED) is 0.832. The van der Waals surface area contributed by atoms with Crippen LogP contribution >= 0.6 is 0 Å². The molecular weight excluding hydrogens is 266 g/mol. The minimum Gasteiger partial charge on any atom is -0.374 e. The molecule has 0 bridgehead atoms. The predicted octanol–water partition coefficient (Wildman–Crippen LogP) is 1.70. The second-order valence-electron chi connectivity index (χ2n) is 5.73. The second kappa shape index (κ2) is 6.58. The maximum absolute atomic E-state index is 5.42. The van der Waals surface area contributed by atoms with Crippen molar-refractivity contribution in [3.8, 4) is 0 Å². The first-order chi connectivity index (χ1) is 10.3. The molecule has 2 N–H and O–H groups in total. The van der Waals surface area contributed by atoms with Crippen molar-refractivity contribution in [1.82, 2.24) is 14.9 Å². The van der Waals surface area contributed by atoms with Gasteiger partial charge in [0.15, 0.2) is 5.82 Å². The molecule has 0 amide bonds. The fourth-order valence-electron chi connectivity index (χ4n) is 3.40. The Labute approximate surface area is 126 Å². The SMILES string of the molecule is CCOCc1nc(NC)cc(NC2CCN3CCCC23)n1. The van der Waals surface area contributed by atoms with E-state index < -0.39 is 0 Å². The summed E-state index contributed by atoms with van der Waals surface area (Å²) in [5.74, 6) is 2.47. The fraction of sp³-hybridized carbons (Fsp3) is 0.733. The molecular formula is C15H25N5O. The van der Waals surface area contributed by atoms with Gasteiger partial charge in [0.1, 0.15) is 18.2 Å². The molecule has 1 aromatic heterocycles. The van der Waals surface area contributed by atoms with E-state index >= 15 is 0 Å². The van der Waals surface area contributed by atoms with Crippen molar-refractivity contribution < 1.29 is 4.74 Å². The first-order valence-electron chi connectivity index (χ1n) is 7.94. The molecule has 0 aromatic carbocycles. The van der Waals surface area contributed by atoms with E-state index in [9.17, 15) is 0 Å². The van der Waals surface area contributed by atoms with Gasteiger partial charge >= 0.3 is 0 Å². The number of nitrogens with one attached hydrogen (secondary N) is 2. The molecule has 2 saturated heterocycles. The van der Waals surface area contributed by atoms with E-state index in [1.165, 1.54) is 32.4 Å². The summed E-state index contributed by atoms with van der Waals surface area (Å²) in [6, 6.07) is 3.16. The van der Waals surface area contributed by atoms with Crippen molar-refractivity contribution in [3.05, 3.63) is 11.9 Å². The summed E-state index contributed by atoms with van der Waals surface area (Å²) in [4.78, 5) is 11.6. The van der Waals surface area contributed by atoms with E-state index in [4.69, 9.17) is 4.74 Å². The summed E-state index contributed by atoms with van der Waals surface area (Å²) in [5, 5.41) is 6.71. The van der Waals surface area contributed by atoms with Crippen LogP contribution in [0.2, 0.25) is 0 Å². The molecule has 2 aliphatic rings. The van der Waals surface area contributed by atoms with Crippen LogP contribution in [0.1, 0.15) is 32.0 Å². The normalized spacial score (nSPS) is 25.0. The van der Waals surface area contributed by atoms with Gasteiger partial charge in [0.2, 0.25) is 0 Å². The fourth-order valence-corrected chi connectivity index (χ4v) is 3.40. The average Bonchev–Trinajstić information content (AvgIpc) is 3.10. The van der Waals surface area contributed by atoms with Gasteiger partial charge in [-0.3, -0.25) is 4.90 Å². The zero-order chi connectivity index (χ0) is 14.7. The van der Waals surface area contributed by atoms with E-state index in [0.717, 1.165) is 17.5 Å². The van der Waals surface area contributed by atoms with Gasteiger partial charge < -0.3 is 15.4 Å². The highest BCUT2D eigenvalue weighted by Gasteiger charge is 2.37. The van der Waals surface area contributed by atoms with Gasteiger partial charge in [-0.2, -0.15) is 0 Å². The molecule has 2 aliphatic heterocycles. The molecule has 2 unspecified atom stereocenters. The number of hydrogen-bond donors (Lipinski definition) is 2. The molecule has 3 heterocycles. The Hall–Kier alpha value is -1.40. The van der Waals surface area contributed by atoms with Crippen LogP contribution in [0.4, 0.5) is 11.6 Å². The number of anilines is 2. The molecule has 116 valence electrons. The van der Waals surface area contributed by atoms with Crippen molar-refractivity contribution in [3.63, 3.8) is 0 Å². The van der Waals surface area contributed by atoms with E-state index in [0.29, 0.717) is 25.3 Å². The van der Waals surface area contributed by atoms with Crippen LogP contribution < -0.4 is 10.6 Å². The summed E-state index contributed by atoms with van der Waals surface area (Å²) in [6.45, 7) is 5.58. The lowest BCUT2D eigenvalue weighted by Crippen LogP contribution is -2.34. The summed E-state index contributed by atoms with van der Waals surface area (Å²) >= 11 is 0. The molecule has 2 atom stereocenters. The number of ether oxygens (including phenoxy) is 1. The summed E-state index contributed by atoms with van der Waals surface area (Å²) in [6.07, 6.45) is 3.82. The Morgan fingerprint density at radius 3 is 2.95 bits per heavy atom. The predicted molar refractivity (Wildman–Crippen MR) is 83.5 cm³/mol. The third kappa shape index (κ3) is 3.27. The van der Waals surface area contributed by atoms with Crippen LogP contribution in [0.3, 0.4) is 0 Å². The minimum atomic E-state index is 0.459. The number of rotatable bonds is 6. The monoisotopic (exact) mass is 291 g/mol. The zero-order valence-corrected chi connectivity index (χ0v) is 12.9. The highest BCUT2D eigenvalue weighted by Crippen LogP contribution is 2.30. The largest absolute Gasteiger partial charge is 0.374 e. The first kappa shape index (κ1) is 14.5. The van der Waals surface area contributed by atoms with Crippen molar-refractivity contribution in [2.45, 2.75) is 44.9 Å². The third-order valence-corrected chi connectivity index (χ3v) is 4.40. The molecule has 0 spiro atoms. The van der Waals surface area contributed by atoms with Crippen LogP contribution in [0.25, 0.3) is 0 Å². The smallest absolute Gasteiger partial charge is 0.158 e. The minimum absolute atomic E-state index is 0.459. The molecule has 0 radical (unpaired) electrons. The number of nitrogens with zero attached hydrogens (tertiary/aromatic N) is 3. The molecule has 0 saturated carbocycles. The van der Waals surface area contributed by atoms with Crippen molar-refractivity contribution in [2.24, 2.45) is 0 Å². The maximum atomic E-state index is 5.42. The van der Waals surface area contributed by atoms with E-state index in [1.54, 1.807) is 0 Å². The lowest BCUT2D eigenvalue weighted by Gasteiger charge is -2.22. The Balaban J connectivity index is 1.71. The topological polar surface area (TPSA) is 62.3 Å². The maximum Gasteiger partial charge on any atom is 0.158 e. The van der Waals surface area contributed by atoms with Gasteiger partial charge in [-0.25, -0.2) is 9.97 Å². The van der Waals surface area contributed by atoms with Gasteiger partial charge in [0.05, 0.1) is 0 Å². The van der Waals surface area contributed by atoms with E-state index in [1.807, 2.05) is 20.0 Å². The number of fused-ring (bicyclic) bond motifs is 1. The highest BCUT2D eigenvalue weighted by atomic mass is 16.5. The standard InChI is InChI=1S/C15H25N5O/c1-3-21-10-15-18-13(16-2)9-14(19-15)17-11-6-8-20-7-4-5-12(11)20/h9,11-12H,3-8,10H2,1-2H3,(H2,16,17,18,19). The van der Waals surface area contributed by atoms with Gasteiger partial charge in [-0.1, -0.05) is 0 Å². The van der Waals surface area contributed by atoms with Gasteiger partial charge in [-0.15, -0.1) is 0 Å². The molecule has 21 heavy (non-hydrogen) atoms. The Morgan fingerprint density at radius 2 is 2.14 bits per heavy atom. The lowest BCUT2D eigenvalue weighted by atomic mass is 10.1. The van der Waals surface area contributed by atoms with Gasteiger partial charge in [-0.05, 0) is 32.7 Å². The molecule has 2 fully saturated rings. The lowest BCUT2D eigenvalue weighted by molar-refractivity contribution is 0.128. The average molecular weight is 291 g/mol. The van der Waals surface area contributed by atoms with Crippen LogP contribution in [0, 0.1) is 0 Å². The number of aromatic nitrogens is 2. The zero-order valence-electron chi connectivity index (χ0n) is 12.9. The second-order valence-corrected chi connectivity index (χ2v) is 5.73. The summed E-state index contributed by atoms with van der Waals surface area (Å²) in [7, 11) is 1.88. The molecule has 0 aliphatic carbocycles.